The van der Waals surface area contributed by atoms with E-state index in [4.69, 9.17) is 5.21 Å². The zero-order valence-electron chi connectivity index (χ0n) is 29.7. The Kier molecular flexibility index (Phi) is 14.1. The first-order valence-corrected chi connectivity index (χ1v) is 18.7. The van der Waals surface area contributed by atoms with Gasteiger partial charge in [-0.05, 0) is 53.6 Å². The predicted molar refractivity (Wildman–Crippen MR) is 193 cm³/mol. The van der Waals surface area contributed by atoms with Gasteiger partial charge in [-0.1, -0.05) is 87.8 Å². The Morgan fingerprint density at radius 2 is 1.69 bits per heavy atom. The molecule has 14 heteroatoms. The van der Waals surface area contributed by atoms with E-state index in [9.17, 15) is 28.2 Å². The number of hydrogen-bond acceptors (Lipinski definition) is 9. The molecule has 4 rings (SSSR count). The molecule has 1 aromatic heterocycles. The second-order valence-corrected chi connectivity index (χ2v) is 15.3. The highest BCUT2D eigenvalue weighted by atomic mass is 32.2. The number of carbonyl (C=O) groups is 2. The van der Waals surface area contributed by atoms with Crippen molar-refractivity contribution in [3.63, 3.8) is 0 Å². The quantitative estimate of drug-likeness (QED) is 0.0877. The summed E-state index contributed by atoms with van der Waals surface area (Å²) < 4.78 is 29.0. The highest BCUT2D eigenvalue weighted by molar-refractivity contribution is 7.89. The highest BCUT2D eigenvalue weighted by Gasteiger charge is 2.41. The normalized spacial score (nSPS) is 16.2. The minimum Gasteiger partial charge on any atom is -0.411 e. The standard InChI is InChI=1S/C37H50N6O7S/c1-5-27(4)35(43-19-18-41(37(43)47)23-30-12-9-13-31(25-44)39-30)36(46)40-33(20-28-10-7-6-8-11-28)34(45)24-42(22-26(2)3)51(49,50)32-16-14-29(15-17-32)21-38-48/h6-17,21,26-27,33-35,44-45,48H,5,18-20,22-25H2,1-4H3,(H,40,46)/t27-,33-,34+,35-/m0/s1. The summed E-state index contributed by atoms with van der Waals surface area (Å²) in [4.78, 5) is 35.6. The first-order chi connectivity index (χ1) is 24.4. The number of sulfonamides is 1. The average Bonchev–Trinajstić information content (AvgIpc) is 3.46. The van der Waals surface area contributed by atoms with Crippen molar-refractivity contribution in [3.8, 4) is 0 Å². The third kappa shape index (κ3) is 10.3. The van der Waals surface area contributed by atoms with Crippen molar-refractivity contribution in [3.05, 3.63) is 95.3 Å². The van der Waals surface area contributed by atoms with Gasteiger partial charge in [-0.2, -0.15) is 4.31 Å². The lowest BCUT2D eigenvalue weighted by Crippen LogP contribution is -2.57. The lowest BCUT2D eigenvalue weighted by molar-refractivity contribution is -0.128. The van der Waals surface area contributed by atoms with E-state index in [-0.39, 0.29) is 55.4 Å². The molecule has 51 heavy (non-hydrogen) atoms. The minimum absolute atomic E-state index is 0.0151. The molecule has 1 saturated heterocycles. The van der Waals surface area contributed by atoms with E-state index in [1.54, 1.807) is 28.0 Å². The van der Waals surface area contributed by atoms with Gasteiger partial charge >= 0.3 is 6.03 Å². The molecule has 2 heterocycles. The molecule has 0 saturated carbocycles. The number of hydrogen-bond donors (Lipinski definition) is 4. The second kappa shape index (κ2) is 18.2. The van der Waals surface area contributed by atoms with Crippen molar-refractivity contribution >= 4 is 28.2 Å². The second-order valence-electron chi connectivity index (χ2n) is 13.4. The van der Waals surface area contributed by atoms with Crippen LogP contribution >= 0.6 is 0 Å². The van der Waals surface area contributed by atoms with Crippen LogP contribution in [0.4, 0.5) is 4.79 Å². The number of urea groups is 1. The molecule has 1 aliphatic rings. The molecule has 276 valence electrons. The minimum atomic E-state index is -4.07. The average molecular weight is 723 g/mol. The van der Waals surface area contributed by atoms with Crippen LogP contribution in [-0.2, 0) is 34.4 Å². The summed E-state index contributed by atoms with van der Waals surface area (Å²) in [5, 5.41) is 36.1. The number of aromatic nitrogens is 1. The number of benzene rings is 2. The molecule has 0 bridgehead atoms. The summed E-state index contributed by atoms with van der Waals surface area (Å²) in [6, 6.07) is 18.4. The largest absolute Gasteiger partial charge is 0.411 e. The van der Waals surface area contributed by atoms with Crippen LogP contribution in [0.3, 0.4) is 0 Å². The van der Waals surface area contributed by atoms with E-state index >= 15 is 0 Å². The van der Waals surface area contributed by atoms with Crippen molar-refractivity contribution in [2.75, 3.05) is 26.2 Å². The summed E-state index contributed by atoms with van der Waals surface area (Å²) in [5.41, 5.74) is 2.48. The Morgan fingerprint density at radius 3 is 2.31 bits per heavy atom. The van der Waals surface area contributed by atoms with Crippen LogP contribution in [0.2, 0.25) is 0 Å². The van der Waals surface area contributed by atoms with Crippen molar-refractivity contribution in [1.29, 1.82) is 0 Å². The summed E-state index contributed by atoms with van der Waals surface area (Å²) >= 11 is 0. The Bertz CT molecular complexity index is 1720. The molecule has 3 amide bonds. The zero-order chi connectivity index (χ0) is 37.1. The third-order valence-corrected chi connectivity index (χ3v) is 10.9. The Hall–Kier alpha value is -4.37. The molecular formula is C37H50N6O7S. The fourth-order valence-corrected chi connectivity index (χ4v) is 7.83. The number of carbonyl (C=O) groups excluding carboxylic acids is 2. The first kappa shape index (κ1) is 39.4. The maximum absolute atomic E-state index is 14.3. The maximum Gasteiger partial charge on any atom is 0.321 e. The van der Waals surface area contributed by atoms with Crippen LogP contribution in [0.15, 0.2) is 82.8 Å². The first-order valence-electron chi connectivity index (χ1n) is 17.3. The van der Waals surface area contributed by atoms with Gasteiger partial charge < -0.3 is 30.5 Å². The lowest BCUT2D eigenvalue weighted by Gasteiger charge is -2.35. The van der Waals surface area contributed by atoms with E-state index in [2.05, 4.69) is 15.5 Å². The molecule has 1 fully saturated rings. The lowest BCUT2D eigenvalue weighted by atomic mass is 9.95. The molecule has 3 aromatic rings. The molecular weight excluding hydrogens is 673 g/mol. The molecule has 1 aliphatic heterocycles. The van der Waals surface area contributed by atoms with Crippen molar-refractivity contribution in [2.45, 2.75) is 76.8 Å². The number of rotatable bonds is 18. The van der Waals surface area contributed by atoms with Gasteiger partial charge in [-0.3, -0.25) is 9.78 Å². The monoisotopic (exact) mass is 722 g/mol. The molecule has 4 N–H and O–H groups in total. The van der Waals surface area contributed by atoms with Gasteiger partial charge in [-0.25, -0.2) is 13.2 Å². The van der Waals surface area contributed by atoms with Gasteiger partial charge in [-0.15, -0.1) is 0 Å². The predicted octanol–water partition coefficient (Wildman–Crippen LogP) is 3.47. The SMILES string of the molecule is CC[C@H](C)[C@@H](C(=O)N[C@@H](Cc1ccccc1)[C@H](O)CN(CC(C)C)S(=O)(=O)c1ccc(C=NO)cc1)N1CCN(Cc2cccc(CO)n2)C1=O. The fourth-order valence-electron chi connectivity index (χ4n) is 6.21. The third-order valence-electron chi connectivity index (χ3n) is 9.07. The van der Waals surface area contributed by atoms with Crippen molar-refractivity contribution in [2.24, 2.45) is 17.0 Å². The topological polar surface area (TPSA) is 176 Å². The summed E-state index contributed by atoms with van der Waals surface area (Å²) in [7, 11) is -4.07. The molecule has 0 aliphatic carbocycles. The van der Waals surface area contributed by atoms with Crippen LogP contribution in [-0.4, -0.2) is 105 Å². The van der Waals surface area contributed by atoms with Gasteiger partial charge in [0, 0.05) is 26.2 Å². The molecule has 0 radical (unpaired) electrons. The highest BCUT2D eigenvalue weighted by Crippen LogP contribution is 2.24. The number of oxime groups is 1. The number of aliphatic hydroxyl groups is 2. The molecule has 13 nitrogen and oxygen atoms in total. The van der Waals surface area contributed by atoms with E-state index < -0.39 is 34.1 Å². The number of pyridine rings is 1. The van der Waals surface area contributed by atoms with Gasteiger partial charge in [0.2, 0.25) is 15.9 Å². The van der Waals surface area contributed by atoms with Crippen LogP contribution in [0.25, 0.3) is 0 Å². The maximum atomic E-state index is 14.3. The summed E-state index contributed by atoms with van der Waals surface area (Å²) in [6.07, 6.45) is 0.712. The van der Waals surface area contributed by atoms with E-state index in [1.165, 1.54) is 34.8 Å². The van der Waals surface area contributed by atoms with Crippen LogP contribution in [0.1, 0.15) is 56.6 Å². The van der Waals surface area contributed by atoms with E-state index in [0.29, 0.717) is 36.5 Å². The van der Waals surface area contributed by atoms with E-state index in [0.717, 1.165) is 5.56 Å². The Balaban J connectivity index is 1.59. The molecule has 4 atom stereocenters. The molecule has 0 spiro atoms. The zero-order valence-corrected chi connectivity index (χ0v) is 30.5. The van der Waals surface area contributed by atoms with E-state index in [1.807, 2.05) is 58.0 Å². The van der Waals surface area contributed by atoms with Crippen LogP contribution in [0.5, 0.6) is 0 Å². The number of nitrogens with zero attached hydrogens (tertiary/aromatic N) is 5. The number of aliphatic hydroxyl groups excluding tert-OH is 2. The smallest absolute Gasteiger partial charge is 0.321 e. The van der Waals surface area contributed by atoms with Crippen molar-refractivity contribution in [1.82, 2.24) is 24.4 Å². The van der Waals surface area contributed by atoms with Gasteiger partial charge in [0.25, 0.3) is 0 Å². The fraction of sp³-hybridized carbons (Fsp3) is 0.459. The summed E-state index contributed by atoms with van der Waals surface area (Å²) in [6.45, 7) is 8.16. The molecule has 2 aromatic carbocycles. The molecule has 0 unspecified atom stereocenters. The Morgan fingerprint density at radius 1 is 1.00 bits per heavy atom. The van der Waals surface area contributed by atoms with Crippen LogP contribution in [0, 0.1) is 11.8 Å². The number of amides is 3. The van der Waals surface area contributed by atoms with Gasteiger partial charge in [0.05, 0.1) is 47.8 Å². The Labute approximate surface area is 300 Å². The van der Waals surface area contributed by atoms with Crippen LogP contribution < -0.4 is 5.32 Å². The van der Waals surface area contributed by atoms with Gasteiger partial charge in [0.1, 0.15) is 6.04 Å². The summed E-state index contributed by atoms with van der Waals surface area (Å²) in [5.74, 6) is -0.731. The van der Waals surface area contributed by atoms with Gasteiger partial charge in [0.15, 0.2) is 0 Å². The number of nitrogens with one attached hydrogen (secondary N) is 1. The van der Waals surface area contributed by atoms with Crippen molar-refractivity contribution < 1.29 is 33.4 Å².